The van der Waals surface area contributed by atoms with Crippen molar-refractivity contribution < 1.29 is 28.7 Å². The molecule has 2 aliphatic rings. The summed E-state index contributed by atoms with van der Waals surface area (Å²) in [6.45, 7) is 4.25. The van der Waals surface area contributed by atoms with Gasteiger partial charge in [0, 0.05) is 23.6 Å². The Kier molecular flexibility index (Phi) is 5.88. The van der Waals surface area contributed by atoms with Gasteiger partial charge in [-0.1, -0.05) is 38.1 Å². The van der Waals surface area contributed by atoms with Gasteiger partial charge in [0.2, 0.25) is 0 Å². The Hall–Kier alpha value is -5.04. The Labute approximate surface area is 231 Å². The fraction of sp³-hybridized carbons (Fsp3) is 0.152. The zero-order valence-electron chi connectivity index (χ0n) is 22.2. The van der Waals surface area contributed by atoms with Crippen LogP contribution in [0.4, 0.5) is 0 Å². The van der Waals surface area contributed by atoms with Gasteiger partial charge in [-0.2, -0.15) is 0 Å². The van der Waals surface area contributed by atoms with Crippen molar-refractivity contribution in [3.05, 3.63) is 118 Å². The number of amides is 2. The minimum Gasteiger partial charge on any atom is -0.457 e. The fourth-order valence-corrected chi connectivity index (χ4v) is 5.12. The fourth-order valence-electron chi connectivity index (χ4n) is 5.12. The predicted octanol–water partition coefficient (Wildman–Crippen LogP) is 6.59. The van der Waals surface area contributed by atoms with Crippen molar-refractivity contribution in [3.8, 4) is 23.0 Å². The highest BCUT2D eigenvalue weighted by atomic mass is 16.5. The third-order valence-corrected chi connectivity index (χ3v) is 7.60. The molecule has 0 saturated carbocycles. The normalized spacial score (nSPS) is 14.4. The third-order valence-electron chi connectivity index (χ3n) is 7.60. The number of rotatable bonds is 6. The van der Waals surface area contributed by atoms with Crippen LogP contribution in [0.5, 0.6) is 23.0 Å². The second-order valence-electron chi connectivity index (χ2n) is 10.5. The third kappa shape index (κ3) is 4.25. The highest BCUT2D eigenvalue weighted by Crippen LogP contribution is 2.36. The number of Topliss-reactive ketones (excluding diaryl/α,β-unsaturated/α-hetero) is 2. The monoisotopic (exact) mass is 531 g/mol. The maximum absolute atomic E-state index is 12.3. The molecule has 7 nitrogen and oxygen atoms in total. The summed E-state index contributed by atoms with van der Waals surface area (Å²) < 4.78 is 11.9. The van der Waals surface area contributed by atoms with Gasteiger partial charge in [-0.3, -0.25) is 24.1 Å². The van der Waals surface area contributed by atoms with Crippen LogP contribution in [-0.4, -0.2) is 35.3 Å². The molecule has 0 N–H and O–H groups in total. The summed E-state index contributed by atoms with van der Waals surface area (Å²) in [5.41, 5.74) is 3.43. The van der Waals surface area contributed by atoms with Gasteiger partial charge < -0.3 is 9.47 Å². The van der Waals surface area contributed by atoms with E-state index in [0.29, 0.717) is 45.3 Å². The number of hydrogen-bond donors (Lipinski definition) is 0. The van der Waals surface area contributed by atoms with Crippen molar-refractivity contribution in [3.63, 3.8) is 0 Å². The van der Waals surface area contributed by atoms with Crippen LogP contribution in [0.25, 0.3) is 0 Å². The molecule has 1 aliphatic heterocycles. The summed E-state index contributed by atoms with van der Waals surface area (Å²) in [6.07, 6.45) is -0.0787. The topological polar surface area (TPSA) is 90.0 Å². The van der Waals surface area contributed by atoms with E-state index >= 15 is 0 Å². The SMILES string of the molecule is CN1C(=O)c2ccc(Oc3ccc(C(C)(C)c4ccc(Oc5ccc6c(c5)C(=O)CC6=O)cc4)cc3)cc2C1=O. The molecule has 0 spiro atoms. The molecule has 6 rings (SSSR count). The number of hydrogen-bond acceptors (Lipinski definition) is 6. The van der Waals surface area contributed by atoms with Crippen LogP contribution in [-0.2, 0) is 5.41 Å². The lowest BCUT2D eigenvalue weighted by Gasteiger charge is -2.26. The maximum atomic E-state index is 12.3. The molecule has 1 aliphatic carbocycles. The Morgan fingerprint density at radius 2 is 0.975 bits per heavy atom. The van der Waals surface area contributed by atoms with Gasteiger partial charge in [0.1, 0.15) is 23.0 Å². The highest BCUT2D eigenvalue weighted by Gasteiger charge is 2.33. The molecule has 198 valence electrons. The van der Waals surface area contributed by atoms with Crippen molar-refractivity contribution in [1.82, 2.24) is 4.90 Å². The van der Waals surface area contributed by atoms with Crippen molar-refractivity contribution in [2.45, 2.75) is 25.7 Å². The lowest BCUT2D eigenvalue weighted by Crippen LogP contribution is -2.24. The van der Waals surface area contributed by atoms with Crippen LogP contribution in [0.1, 0.15) is 72.8 Å². The van der Waals surface area contributed by atoms with E-state index in [1.807, 2.05) is 48.5 Å². The number of carbonyl (C=O) groups excluding carboxylic acids is 4. The first kappa shape index (κ1) is 25.2. The number of nitrogens with zero attached hydrogens (tertiary/aromatic N) is 1. The summed E-state index contributed by atoms with van der Waals surface area (Å²) in [5, 5.41) is 0. The van der Waals surface area contributed by atoms with E-state index in [2.05, 4.69) is 13.8 Å². The minimum atomic E-state index is -0.335. The van der Waals surface area contributed by atoms with Crippen molar-refractivity contribution in [1.29, 1.82) is 0 Å². The van der Waals surface area contributed by atoms with Gasteiger partial charge in [-0.05, 0) is 71.8 Å². The largest absolute Gasteiger partial charge is 0.457 e. The lowest BCUT2D eigenvalue weighted by molar-refractivity contribution is 0.0692. The van der Waals surface area contributed by atoms with Crippen LogP contribution in [0.15, 0.2) is 84.9 Å². The van der Waals surface area contributed by atoms with Crippen LogP contribution < -0.4 is 9.47 Å². The minimum absolute atomic E-state index is 0.0787. The van der Waals surface area contributed by atoms with Gasteiger partial charge >= 0.3 is 0 Å². The van der Waals surface area contributed by atoms with Gasteiger partial charge in [-0.15, -0.1) is 0 Å². The average molecular weight is 532 g/mol. The highest BCUT2D eigenvalue weighted by molar-refractivity contribution is 6.24. The molecule has 0 atom stereocenters. The van der Waals surface area contributed by atoms with Crippen LogP contribution >= 0.6 is 0 Å². The van der Waals surface area contributed by atoms with E-state index < -0.39 is 0 Å². The van der Waals surface area contributed by atoms with Gasteiger partial charge in [0.05, 0.1) is 17.5 Å². The number of ketones is 2. The van der Waals surface area contributed by atoms with Gasteiger partial charge in [0.15, 0.2) is 11.6 Å². The summed E-state index contributed by atoms with van der Waals surface area (Å²) in [7, 11) is 1.47. The zero-order valence-corrected chi connectivity index (χ0v) is 22.2. The van der Waals surface area contributed by atoms with E-state index in [1.165, 1.54) is 7.05 Å². The Morgan fingerprint density at radius 3 is 1.52 bits per heavy atom. The molecule has 0 saturated heterocycles. The van der Waals surface area contributed by atoms with Crippen LogP contribution in [0.3, 0.4) is 0 Å². The molecular formula is C33H25NO6. The molecule has 0 aromatic heterocycles. The number of imide groups is 1. The molecule has 0 fully saturated rings. The molecule has 1 heterocycles. The summed E-state index contributed by atoms with van der Waals surface area (Å²) in [4.78, 5) is 49.4. The van der Waals surface area contributed by atoms with Gasteiger partial charge in [-0.25, -0.2) is 0 Å². The first-order chi connectivity index (χ1) is 19.1. The molecule has 0 bridgehead atoms. The molecule has 7 heteroatoms. The molecular weight excluding hydrogens is 506 g/mol. The predicted molar refractivity (Wildman–Crippen MR) is 148 cm³/mol. The van der Waals surface area contributed by atoms with E-state index in [-0.39, 0.29) is 35.2 Å². The second kappa shape index (κ2) is 9.31. The first-order valence-electron chi connectivity index (χ1n) is 12.9. The van der Waals surface area contributed by atoms with E-state index in [0.717, 1.165) is 16.0 Å². The number of carbonyl (C=O) groups is 4. The van der Waals surface area contributed by atoms with E-state index in [1.54, 1.807) is 36.4 Å². The maximum Gasteiger partial charge on any atom is 0.261 e. The summed E-state index contributed by atoms with van der Waals surface area (Å²) in [5.74, 6) is 1.26. The number of benzene rings is 4. The smallest absolute Gasteiger partial charge is 0.261 e. The molecule has 4 aromatic carbocycles. The summed E-state index contributed by atoms with van der Waals surface area (Å²) >= 11 is 0. The standard InChI is InChI=1S/C33H25NO6/c1-33(2,19-4-8-21(9-5-19)39-23-12-14-25-27(16-23)30(36)18-29(25)35)20-6-10-22(11-7-20)40-24-13-15-26-28(17-24)32(38)34(3)31(26)37/h4-17H,18H2,1-3H3. The van der Waals surface area contributed by atoms with Gasteiger partial charge in [0.25, 0.3) is 11.8 Å². The van der Waals surface area contributed by atoms with Crippen LogP contribution in [0.2, 0.25) is 0 Å². The zero-order chi connectivity index (χ0) is 28.2. The van der Waals surface area contributed by atoms with Crippen molar-refractivity contribution >= 4 is 23.4 Å². The van der Waals surface area contributed by atoms with Crippen molar-refractivity contribution in [2.75, 3.05) is 7.05 Å². The molecule has 40 heavy (non-hydrogen) atoms. The lowest BCUT2D eigenvalue weighted by atomic mass is 9.78. The molecule has 0 radical (unpaired) electrons. The van der Waals surface area contributed by atoms with Crippen LogP contribution in [0, 0.1) is 0 Å². The number of ether oxygens (including phenoxy) is 2. The number of fused-ring (bicyclic) bond motifs is 2. The average Bonchev–Trinajstić information content (AvgIpc) is 3.35. The summed E-state index contributed by atoms with van der Waals surface area (Å²) in [6, 6.07) is 25.4. The van der Waals surface area contributed by atoms with E-state index in [4.69, 9.17) is 9.47 Å². The second-order valence-corrected chi connectivity index (χ2v) is 10.5. The molecule has 0 unspecified atom stereocenters. The molecule has 2 amide bonds. The van der Waals surface area contributed by atoms with Crippen molar-refractivity contribution in [2.24, 2.45) is 0 Å². The molecule has 4 aromatic rings. The first-order valence-corrected chi connectivity index (χ1v) is 12.9. The quantitative estimate of drug-likeness (QED) is 0.206. The Balaban J connectivity index is 1.15. The Morgan fingerprint density at radius 1 is 0.550 bits per heavy atom. The Bertz CT molecular complexity index is 1720. The van der Waals surface area contributed by atoms with E-state index in [9.17, 15) is 19.2 Å².